The molecule has 0 aliphatic heterocycles. The molecule has 1 aromatic heterocycles. The second-order valence-corrected chi connectivity index (χ2v) is 2.64. The van der Waals surface area contributed by atoms with Crippen LogP contribution in [-0.2, 0) is 0 Å². The first-order valence-corrected chi connectivity index (χ1v) is 3.80. The number of nitrogens with one attached hydrogen (secondary N) is 1. The van der Waals surface area contributed by atoms with Crippen LogP contribution in [-0.4, -0.2) is 22.9 Å². The first-order valence-electron chi connectivity index (χ1n) is 3.05. The topological polar surface area (TPSA) is 54.9 Å². The molecule has 0 unspecified atom stereocenters. The number of amides is 1. The predicted molar refractivity (Wildman–Crippen MR) is 45.4 cm³/mol. The zero-order valence-corrected chi connectivity index (χ0v) is 7.65. The van der Waals surface area contributed by atoms with Gasteiger partial charge in [0.25, 0.3) is 5.91 Å². The number of hydrogen-bond donors (Lipinski definition) is 1. The molecule has 0 saturated carbocycles. The highest BCUT2D eigenvalue weighted by Crippen LogP contribution is 2.20. The minimum atomic E-state index is -0.385. The van der Waals surface area contributed by atoms with Crippen LogP contribution in [0.4, 0.5) is 0 Å². The Kier molecular flexibility index (Phi) is 2.83. The maximum Gasteiger partial charge on any atom is 0.271 e. The summed E-state index contributed by atoms with van der Waals surface area (Å²) in [6.45, 7) is 0. The Balaban J connectivity index is 3.16. The van der Waals surface area contributed by atoms with Gasteiger partial charge in [-0.1, -0.05) is 23.2 Å². The van der Waals surface area contributed by atoms with Crippen LogP contribution < -0.4 is 5.32 Å². The molecule has 0 spiro atoms. The van der Waals surface area contributed by atoms with E-state index in [-0.39, 0.29) is 21.8 Å². The highest BCUT2D eigenvalue weighted by atomic mass is 35.5. The zero-order chi connectivity index (χ0) is 9.14. The highest BCUT2D eigenvalue weighted by molar-refractivity contribution is 6.42. The van der Waals surface area contributed by atoms with Crippen molar-refractivity contribution in [2.75, 3.05) is 7.05 Å². The first-order chi connectivity index (χ1) is 5.66. The van der Waals surface area contributed by atoms with Crippen molar-refractivity contribution >= 4 is 29.1 Å². The van der Waals surface area contributed by atoms with Crippen molar-refractivity contribution in [1.82, 2.24) is 15.3 Å². The van der Waals surface area contributed by atoms with Crippen molar-refractivity contribution in [2.45, 2.75) is 0 Å². The molecule has 0 atom stereocenters. The van der Waals surface area contributed by atoms with E-state index in [1.165, 1.54) is 13.4 Å². The van der Waals surface area contributed by atoms with E-state index in [9.17, 15) is 4.79 Å². The average Bonchev–Trinajstić information content (AvgIpc) is 2.08. The van der Waals surface area contributed by atoms with Gasteiger partial charge in [-0.25, -0.2) is 9.97 Å². The van der Waals surface area contributed by atoms with Crippen LogP contribution in [0.5, 0.6) is 0 Å². The van der Waals surface area contributed by atoms with Gasteiger partial charge in [-0.2, -0.15) is 0 Å². The molecule has 0 fully saturated rings. The van der Waals surface area contributed by atoms with E-state index in [1.807, 2.05) is 0 Å². The van der Waals surface area contributed by atoms with Gasteiger partial charge in [0.05, 0.1) is 0 Å². The molecule has 1 N–H and O–H groups in total. The van der Waals surface area contributed by atoms with Crippen molar-refractivity contribution in [3.05, 3.63) is 22.2 Å². The normalized spacial score (nSPS) is 9.58. The zero-order valence-electron chi connectivity index (χ0n) is 6.14. The van der Waals surface area contributed by atoms with Gasteiger partial charge in [0.15, 0.2) is 10.8 Å². The summed E-state index contributed by atoms with van der Waals surface area (Å²) in [7, 11) is 1.48. The molecule has 0 saturated heterocycles. The fraction of sp³-hybridized carbons (Fsp3) is 0.167. The van der Waals surface area contributed by atoms with Crippen molar-refractivity contribution in [3.8, 4) is 0 Å². The first kappa shape index (κ1) is 9.22. The van der Waals surface area contributed by atoms with Crippen LogP contribution >= 0.6 is 23.2 Å². The number of carbonyl (C=O) groups excluding carboxylic acids is 1. The summed E-state index contributed by atoms with van der Waals surface area (Å²) in [5, 5.41) is 2.52. The Bertz CT molecular complexity index is 316. The third kappa shape index (κ3) is 1.65. The molecular formula is C6H5Cl2N3O. The lowest BCUT2D eigenvalue weighted by Crippen LogP contribution is -2.19. The summed E-state index contributed by atoms with van der Waals surface area (Å²) in [6, 6.07) is 0. The molecule has 6 heteroatoms. The molecule has 0 aliphatic carbocycles. The number of halogens is 2. The van der Waals surface area contributed by atoms with E-state index < -0.39 is 0 Å². The fourth-order valence-corrected chi connectivity index (χ4v) is 0.942. The van der Waals surface area contributed by atoms with E-state index in [1.54, 1.807) is 0 Å². The monoisotopic (exact) mass is 205 g/mol. The largest absolute Gasteiger partial charge is 0.354 e. The molecule has 0 aliphatic rings. The van der Waals surface area contributed by atoms with Crippen molar-refractivity contribution in [1.29, 1.82) is 0 Å². The highest BCUT2D eigenvalue weighted by Gasteiger charge is 2.12. The lowest BCUT2D eigenvalue weighted by Gasteiger charge is -2.00. The van der Waals surface area contributed by atoms with Crippen molar-refractivity contribution < 1.29 is 4.79 Å². The summed E-state index contributed by atoms with van der Waals surface area (Å²) in [6.07, 6.45) is 1.18. The Morgan fingerprint density at radius 1 is 1.50 bits per heavy atom. The van der Waals surface area contributed by atoms with E-state index in [4.69, 9.17) is 23.2 Å². The molecule has 0 radical (unpaired) electrons. The van der Waals surface area contributed by atoms with Crippen LogP contribution in [0.2, 0.25) is 10.2 Å². The van der Waals surface area contributed by atoms with Gasteiger partial charge in [-0.05, 0) is 0 Å². The van der Waals surface area contributed by atoms with Crippen LogP contribution in [0.1, 0.15) is 10.5 Å². The van der Waals surface area contributed by atoms with Gasteiger partial charge in [-0.3, -0.25) is 4.79 Å². The molecule has 1 heterocycles. The second-order valence-electron chi connectivity index (χ2n) is 1.91. The van der Waals surface area contributed by atoms with Crippen LogP contribution in [0.3, 0.4) is 0 Å². The number of nitrogens with zero attached hydrogens (tertiary/aromatic N) is 2. The average molecular weight is 206 g/mol. The molecular weight excluding hydrogens is 201 g/mol. The van der Waals surface area contributed by atoms with Gasteiger partial charge >= 0.3 is 0 Å². The van der Waals surface area contributed by atoms with Gasteiger partial charge in [0, 0.05) is 7.05 Å². The van der Waals surface area contributed by atoms with Gasteiger partial charge in [0.1, 0.15) is 11.3 Å². The summed E-state index contributed by atoms with van der Waals surface area (Å²) in [5.41, 5.74) is 0.0826. The lowest BCUT2D eigenvalue weighted by molar-refractivity contribution is 0.0958. The maximum atomic E-state index is 11.0. The predicted octanol–water partition coefficient (Wildman–Crippen LogP) is 1.14. The molecule has 0 aromatic carbocycles. The quantitative estimate of drug-likeness (QED) is 0.701. The van der Waals surface area contributed by atoms with E-state index in [2.05, 4.69) is 15.3 Å². The summed E-state index contributed by atoms with van der Waals surface area (Å²) in [4.78, 5) is 18.3. The Labute approximate surface area is 78.9 Å². The minimum absolute atomic E-state index is 0.0681. The van der Waals surface area contributed by atoms with Gasteiger partial charge in [-0.15, -0.1) is 0 Å². The molecule has 1 aromatic rings. The molecule has 0 bridgehead atoms. The third-order valence-electron chi connectivity index (χ3n) is 1.19. The maximum absolute atomic E-state index is 11.0. The third-order valence-corrected chi connectivity index (χ3v) is 1.93. The second kappa shape index (κ2) is 3.69. The summed E-state index contributed by atoms with van der Waals surface area (Å²) in [5.74, 6) is -0.385. The number of rotatable bonds is 1. The Hall–Kier alpha value is -0.870. The van der Waals surface area contributed by atoms with Crippen LogP contribution in [0, 0.1) is 0 Å². The Morgan fingerprint density at radius 3 is 2.75 bits per heavy atom. The summed E-state index contributed by atoms with van der Waals surface area (Å²) < 4.78 is 0. The number of hydrogen-bond acceptors (Lipinski definition) is 3. The van der Waals surface area contributed by atoms with Crippen molar-refractivity contribution in [3.63, 3.8) is 0 Å². The standard InChI is InChI=1S/C6H5Cl2N3O/c1-9-6(12)4-3(7)5(8)11-2-10-4/h2H,1H3,(H,9,12). The number of carbonyl (C=O) groups is 1. The van der Waals surface area contributed by atoms with Crippen molar-refractivity contribution in [2.24, 2.45) is 0 Å². The summed E-state index contributed by atoms with van der Waals surface area (Å²) >= 11 is 11.2. The molecule has 1 rings (SSSR count). The minimum Gasteiger partial charge on any atom is -0.354 e. The molecule has 4 nitrogen and oxygen atoms in total. The van der Waals surface area contributed by atoms with Crippen LogP contribution in [0.15, 0.2) is 6.33 Å². The fourth-order valence-electron chi connectivity index (χ4n) is 0.625. The van der Waals surface area contributed by atoms with E-state index in [0.717, 1.165) is 0 Å². The van der Waals surface area contributed by atoms with E-state index in [0.29, 0.717) is 0 Å². The lowest BCUT2D eigenvalue weighted by atomic mass is 10.4. The van der Waals surface area contributed by atoms with E-state index >= 15 is 0 Å². The molecule has 12 heavy (non-hydrogen) atoms. The van der Waals surface area contributed by atoms with Gasteiger partial charge in [0.2, 0.25) is 0 Å². The molecule has 1 amide bonds. The molecule has 64 valence electrons. The number of aromatic nitrogens is 2. The Morgan fingerprint density at radius 2 is 2.17 bits per heavy atom. The van der Waals surface area contributed by atoms with Gasteiger partial charge < -0.3 is 5.32 Å². The SMILES string of the molecule is CNC(=O)c1ncnc(Cl)c1Cl. The van der Waals surface area contributed by atoms with Crippen LogP contribution in [0.25, 0.3) is 0 Å². The smallest absolute Gasteiger partial charge is 0.271 e.